The minimum Gasteiger partial charge on any atom is -0.384 e. The van der Waals surface area contributed by atoms with Crippen LogP contribution in [0, 0.1) is 22.7 Å². The van der Waals surface area contributed by atoms with Crippen LogP contribution in [0.2, 0.25) is 0 Å². The van der Waals surface area contributed by atoms with Crippen LogP contribution >= 0.6 is 0 Å². The first-order valence-corrected chi connectivity index (χ1v) is 6.94. The highest BCUT2D eigenvalue weighted by molar-refractivity contribution is 5.51. The maximum atomic E-state index is 8.94. The monoisotopic (exact) mass is 274 g/mol. The van der Waals surface area contributed by atoms with E-state index in [-0.39, 0.29) is 11.4 Å². The van der Waals surface area contributed by atoms with Crippen molar-refractivity contribution in [3.63, 3.8) is 0 Å². The van der Waals surface area contributed by atoms with Crippen molar-refractivity contribution >= 4 is 5.69 Å². The Morgan fingerprint density at radius 1 is 1.14 bits per heavy atom. The van der Waals surface area contributed by atoms with Crippen LogP contribution in [0.1, 0.15) is 34.9 Å². The van der Waals surface area contributed by atoms with Crippen molar-refractivity contribution in [1.29, 1.82) is 10.5 Å². The molecule has 1 aliphatic carbocycles. The van der Waals surface area contributed by atoms with Crippen molar-refractivity contribution in [2.24, 2.45) is 0 Å². The molecule has 0 amide bonds. The van der Waals surface area contributed by atoms with Crippen molar-refractivity contribution < 1.29 is 0 Å². The zero-order valence-corrected chi connectivity index (χ0v) is 11.5. The molecule has 1 atom stereocenters. The van der Waals surface area contributed by atoms with Gasteiger partial charge in [-0.3, -0.25) is 0 Å². The third kappa shape index (κ3) is 2.70. The molecule has 1 N–H and O–H groups in total. The molecule has 4 nitrogen and oxygen atoms in total. The standard InChI is InChI=1S/C17H14N4/c18-9-15-7-14(8-16(10-19)21-15)20-11-13-6-5-12-3-1-2-4-17(12)13/h1-4,7-8,13H,5-6,11H2,(H,20,21). The molecule has 102 valence electrons. The largest absolute Gasteiger partial charge is 0.384 e. The summed E-state index contributed by atoms with van der Waals surface area (Å²) in [5.74, 6) is 0.477. The molecule has 0 spiro atoms. The average Bonchev–Trinajstić information content (AvgIpc) is 2.95. The van der Waals surface area contributed by atoms with Gasteiger partial charge >= 0.3 is 0 Å². The van der Waals surface area contributed by atoms with Gasteiger partial charge in [0, 0.05) is 18.2 Å². The molecular weight excluding hydrogens is 260 g/mol. The number of nitriles is 2. The highest BCUT2D eigenvalue weighted by Crippen LogP contribution is 2.32. The van der Waals surface area contributed by atoms with Gasteiger partial charge in [-0.1, -0.05) is 24.3 Å². The molecule has 0 fully saturated rings. The molecule has 21 heavy (non-hydrogen) atoms. The Labute approximate surface area is 123 Å². The number of pyridine rings is 1. The number of aryl methyl sites for hydroxylation is 1. The normalized spacial score (nSPS) is 15.8. The first-order chi connectivity index (χ1) is 10.3. The highest BCUT2D eigenvalue weighted by Gasteiger charge is 2.21. The van der Waals surface area contributed by atoms with E-state index in [9.17, 15) is 0 Å². The topological polar surface area (TPSA) is 72.5 Å². The summed E-state index contributed by atoms with van der Waals surface area (Å²) in [6.45, 7) is 0.802. The summed E-state index contributed by atoms with van der Waals surface area (Å²) in [6, 6.07) is 15.9. The summed E-state index contributed by atoms with van der Waals surface area (Å²) >= 11 is 0. The average molecular weight is 274 g/mol. The molecule has 0 radical (unpaired) electrons. The molecule has 4 heteroatoms. The maximum Gasteiger partial charge on any atom is 0.144 e. The Kier molecular flexibility index (Phi) is 3.53. The van der Waals surface area contributed by atoms with Crippen LogP contribution in [0.3, 0.4) is 0 Å². The first kappa shape index (κ1) is 13.1. The lowest BCUT2D eigenvalue weighted by Crippen LogP contribution is -2.10. The van der Waals surface area contributed by atoms with E-state index >= 15 is 0 Å². The van der Waals surface area contributed by atoms with E-state index in [0.29, 0.717) is 5.92 Å². The van der Waals surface area contributed by atoms with Gasteiger partial charge in [0.05, 0.1) is 0 Å². The molecule has 0 bridgehead atoms. The number of rotatable bonds is 3. The van der Waals surface area contributed by atoms with Gasteiger partial charge in [0.2, 0.25) is 0 Å². The zero-order chi connectivity index (χ0) is 14.7. The summed E-state index contributed by atoms with van der Waals surface area (Å²) < 4.78 is 0. The van der Waals surface area contributed by atoms with E-state index < -0.39 is 0 Å². The lowest BCUT2D eigenvalue weighted by atomic mass is 10.0. The van der Waals surface area contributed by atoms with Crippen molar-refractivity contribution in [2.45, 2.75) is 18.8 Å². The van der Waals surface area contributed by atoms with Crippen molar-refractivity contribution in [3.05, 3.63) is 58.9 Å². The van der Waals surface area contributed by atoms with E-state index in [4.69, 9.17) is 10.5 Å². The number of hydrogen-bond acceptors (Lipinski definition) is 4. The second-order valence-corrected chi connectivity index (χ2v) is 5.17. The van der Waals surface area contributed by atoms with Gasteiger partial charge in [0.25, 0.3) is 0 Å². The third-order valence-electron chi connectivity index (χ3n) is 3.86. The lowest BCUT2D eigenvalue weighted by molar-refractivity contribution is 0.709. The van der Waals surface area contributed by atoms with Crippen molar-refractivity contribution in [2.75, 3.05) is 11.9 Å². The molecule has 1 aromatic carbocycles. The van der Waals surface area contributed by atoms with Crippen LogP contribution in [0.15, 0.2) is 36.4 Å². The molecule has 0 aliphatic heterocycles. The summed E-state index contributed by atoms with van der Waals surface area (Å²) in [4.78, 5) is 3.92. The fourth-order valence-electron chi connectivity index (χ4n) is 2.85. The zero-order valence-electron chi connectivity index (χ0n) is 11.5. The predicted molar refractivity (Wildman–Crippen MR) is 79.7 cm³/mol. The molecule has 1 aromatic heterocycles. The number of aromatic nitrogens is 1. The summed E-state index contributed by atoms with van der Waals surface area (Å²) in [6.07, 6.45) is 2.25. The van der Waals surface area contributed by atoms with E-state index in [0.717, 1.165) is 25.1 Å². The second-order valence-electron chi connectivity index (χ2n) is 5.17. The molecule has 1 aliphatic rings. The second kappa shape index (κ2) is 5.64. The lowest BCUT2D eigenvalue weighted by Gasteiger charge is -2.14. The summed E-state index contributed by atoms with van der Waals surface area (Å²) in [7, 11) is 0. The fraction of sp³-hybridized carbons (Fsp3) is 0.235. The molecule has 1 unspecified atom stereocenters. The van der Waals surface area contributed by atoms with Crippen LogP contribution < -0.4 is 5.32 Å². The SMILES string of the molecule is N#Cc1cc(NCC2CCc3ccccc32)cc(C#N)n1. The minimum absolute atomic E-state index is 0.267. The summed E-state index contributed by atoms with van der Waals surface area (Å²) in [5, 5.41) is 21.2. The third-order valence-corrected chi connectivity index (χ3v) is 3.86. The van der Waals surface area contributed by atoms with Crippen molar-refractivity contribution in [3.8, 4) is 12.1 Å². The van der Waals surface area contributed by atoms with E-state index in [1.54, 1.807) is 12.1 Å². The number of fused-ring (bicyclic) bond motifs is 1. The molecule has 0 saturated heterocycles. The smallest absolute Gasteiger partial charge is 0.144 e. The Morgan fingerprint density at radius 2 is 1.86 bits per heavy atom. The number of benzene rings is 1. The number of hydrogen-bond donors (Lipinski definition) is 1. The van der Waals surface area contributed by atoms with Crippen LogP contribution in [-0.4, -0.2) is 11.5 Å². The molecule has 1 heterocycles. The van der Waals surface area contributed by atoms with Crippen molar-refractivity contribution in [1.82, 2.24) is 4.98 Å². The number of anilines is 1. The fourth-order valence-corrected chi connectivity index (χ4v) is 2.85. The maximum absolute atomic E-state index is 8.94. The molecule has 0 saturated carbocycles. The number of nitrogens with one attached hydrogen (secondary N) is 1. The van der Waals surface area contributed by atoms with Gasteiger partial charge in [-0.15, -0.1) is 0 Å². The van der Waals surface area contributed by atoms with Crippen LogP contribution in [0.4, 0.5) is 5.69 Å². The summed E-state index contributed by atoms with van der Waals surface area (Å²) in [5.41, 5.74) is 4.14. The molecule has 2 aromatic rings. The highest BCUT2D eigenvalue weighted by atomic mass is 14.9. The van der Waals surface area contributed by atoms with Gasteiger partial charge in [0.15, 0.2) is 0 Å². The molecular formula is C17H14N4. The Morgan fingerprint density at radius 3 is 2.57 bits per heavy atom. The number of nitrogens with zero attached hydrogens (tertiary/aromatic N) is 3. The first-order valence-electron chi connectivity index (χ1n) is 6.94. The van der Waals surface area contributed by atoms with E-state index in [2.05, 4.69) is 34.6 Å². The minimum atomic E-state index is 0.267. The van der Waals surface area contributed by atoms with Crippen LogP contribution in [-0.2, 0) is 6.42 Å². The molecule has 3 rings (SSSR count). The van der Waals surface area contributed by atoms with Gasteiger partial charge in [0.1, 0.15) is 23.5 Å². The quantitative estimate of drug-likeness (QED) is 0.933. The Hall–Kier alpha value is -2.85. The van der Waals surface area contributed by atoms with Gasteiger partial charge < -0.3 is 5.32 Å². The van der Waals surface area contributed by atoms with Gasteiger partial charge in [-0.25, -0.2) is 4.98 Å². The van der Waals surface area contributed by atoms with Gasteiger partial charge in [-0.05, 0) is 36.1 Å². The predicted octanol–water partition coefficient (Wildman–Crippen LogP) is 2.97. The van der Waals surface area contributed by atoms with E-state index in [1.807, 2.05) is 12.1 Å². The van der Waals surface area contributed by atoms with Crippen LogP contribution in [0.25, 0.3) is 0 Å². The van der Waals surface area contributed by atoms with E-state index in [1.165, 1.54) is 11.1 Å². The van der Waals surface area contributed by atoms with Crippen LogP contribution in [0.5, 0.6) is 0 Å². The van der Waals surface area contributed by atoms with Gasteiger partial charge in [-0.2, -0.15) is 10.5 Å². The Bertz CT molecular complexity index is 720. The Balaban J connectivity index is 1.75.